The minimum Gasteiger partial charge on any atom is -0.365 e. The summed E-state index contributed by atoms with van der Waals surface area (Å²) in [7, 11) is 1.56. The number of halogens is 1. The van der Waals surface area contributed by atoms with Crippen molar-refractivity contribution in [2.75, 3.05) is 26.7 Å². The van der Waals surface area contributed by atoms with Crippen LogP contribution in [0.3, 0.4) is 0 Å². The van der Waals surface area contributed by atoms with Crippen molar-refractivity contribution in [1.82, 2.24) is 10.2 Å². The number of hydrogen-bond donors (Lipinski definition) is 1. The van der Waals surface area contributed by atoms with E-state index in [9.17, 15) is 9.59 Å². The molecule has 2 rings (SSSR count). The van der Waals surface area contributed by atoms with E-state index >= 15 is 0 Å². The van der Waals surface area contributed by atoms with Gasteiger partial charge in [-0.3, -0.25) is 9.59 Å². The molecule has 1 aliphatic heterocycles. The van der Waals surface area contributed by atoms with Crippen molar-refractivity contribution in [2.24, 2.45) is 0 Å². The van der Waals surface area contributed by atoms with E-state index in [4.69, 9.17) is 4.74 Å². The van der Waals surface area contributed by atoms with Crippen LogP contribution < -0.4 is 5.32 Å². The zero-order valence-corrected chi connectivity index (χ0v) is 13.1. The van der Waals surface area contributed by atoms with Gasteiger partial charge in [0.05, 0.1) is 13.2 Å². The molecule has 1 heterocycles. The van der Waals surface area contributed by atoms with Crippen LogP contribution in [0.5, 0.6) is 0 Å². The van der Waals surface area contributed by atoms with Crippen molar-refractivity contribution in [3.8, 4) is 0 Å². The highest BCUT2D eigenvalue weighted by molar-refractivity contribution is 9.10. The lowest BCUT2D eigenvalue weighted by Gasteiger charge is -2.32. The van der Waals surface area contributed by atoms with Gasteiger partial charge >= 0.3 is 0 Å². The van der Waals surface area contributed by atoms with Gasteiger partial charge in [-0.15, -0.1) is 0 Å². The average Bonchev–Trinajstić information content (AvgIpc) is 2.44. The lowest BCUT2D eigenvalue weighted by molar-refractivity contribution is -0.136. The molecular formula is C14H17BrN2O3. The van der Waals surface area contributed by atoms with Crippen LogP contribution in [0.4, 0.5) is 0 Å². The molecule has 6 heteroatoms. The summed E-state index contributed by atoms with van der Waals surface area (Å²) in [6.07, 6.45) is -0.592. The highest BCUT2D eigenvalue weighted by Gasteiger charge is 2.29. The number of benzene rings is 1. The minimum atomic E-state index is -0.592. The van der Waals surface area contributed by atoms with E-state index in [1.807, 2.05) is 19.1 Å². The molecule has 1 atom stereocenters. The van der Waals surface area contributed by atoms with Crippen LogP contribution >= 0.6 is 15.9 Å². The molecular weight excluding hydrogens is 324 g/mol. The molecule has 0 bridgehead atoms. The molecule has 1 aliphatic rings. The predicted molar refractivity (Wildman–Crippen MR) is 78.6 cm³/mol. The van der Waals surface area contributed by atoms with Crippen molar-refractivity contribution in [3.63, 3.8) is 0 Å². The second-order valence-electron chi connectivity index (χ2n) is 4.74. The standard InChI is InChI=1S/C14H17BrN2O3/c1-9-5-10(7-11(15)6-9)14(19)17-3-4-20-12(8-17)13(18)16-2/h5-7,12H,3-4,8H2,1-2H3,(H,16,18)/t12-/m1/s1. The van der Waals surface area contributed by atoms with Gasteiger partial charge in [0.2, 0.25) is 0 Å². The number of rotatable bonds is 2. The van der Waals surface area contributed by atoms with Crippen molar-refractivity contribution in [2.45, 2.75) is 13.0 Å². The number of carbonyl (C=O) groups excluding carboxylic acids is 2. The van der Waals surface area contributed by atoms with Crippen LogP contribution in [0.25, 0.3) is 0 Å². The van der Waals surface area contributed by atoms with E-state index in [1.54, 1.807) is 18.0 Å². The Morgan fingerprint density at radius 3 is 2.80 bits per heavy atom. The number of nitrogens with zero attached hydrogens (tertiary/aromatic N) is 1. The fraction of sp³-hybridized carbons (Fsp3) is 0.429. The van der Waals surface area contributed by atoms with Crippen molar-refractivity contribution < 1.29 is 14.3 Å². The lowest BCUT2D eigenvalue weighted by Crippen LogP contribution is -2.51. The van der Waals surface area contributed by atoms with Gasteiger partial charge in [0.15, 0.2) is 6.10 Å². The summed E-state index contributed by atoms with van der Waals surface area (Å²) < 4.78 is 6.25. The number of likely N-dealkylation sites (N-methyl/N-ethyl adjacent to an activating group) is 1. The van der Waals surface area contributed by atoms with Crippen molar-refractivity contribution in [1.29, 1.82) is 0 Å². The highest BCUT2D eigenvalue weighted by Crippen LogP contribution is 2.18. The fourth-order valence-electron chi connectivity index (χ4n) is 2.20. The Kier molecular flexibility index (Phi) is 4.77. The van der Waals surface area contributed by atoms with E-state index in [0.29, 0.717) is 18.7 Å². The van der Waals surface area contributed by atoms with Crippen LogP contribution in [-0.4, -0.2) is 49.6 Å². The zero-order chi connectivity index (χ0) is 14.7. The molecule has 1 aromatic carbocycles. The molecule has 1 saturated heterocycles. The summed E-state index contributed by atoms with van der Waals surface area (Å²) in [5.74, 6) is -0.278. The number of aryl methyl sites for hydroxylation is 1. The van der Waals surface area contributed by atoms with Crippen LogP contribution in [-0.2, 0) is 9.53 Å². The molecule has 1 fully saturated rings. The van der Waals surface area contributed by atoms with Gasteiger partial charge in [-0.2, -0.15) is 0 Å². The first-order valence-corrected chi connectivity index (χ1v) is 7.20. The van der Waals surface area contributed by atoms with Gasteiger partial charge < -0.3 is 15.0 Å². The first-order valence-electron chi connectivity index (χ1n) is 6.41. The average molecular weight is 341 g/mol. The number of morpholine rings is 1. The number of hydrogen-bond acceptors (Lipinski definition) is 3. The van der Waals surface area contributed by atoms with Crippen LogP contribution in [0.2, 0.25) is 0 Å². The van der Waals surface area contributed by atoms with Crippen LogP contribution in [0, 0.1) is 6.92 Å². The summed E-state index contributed by atoms with van der Waals surface area (Å²) in [4.78, 5) is 25.7. The Bertz CT molecular complexity index is 513. The fourth-order valence-corrected chi connectivity index (χ4v) is 2.80. The Balaban J connectivity index is 2.14. The van der Waals surface area contributed by atoms with E-state index in [1.165, 1.54) is 0 Å². The highest BCUT2D eigenvalue weighted by atomic mass is 79.9. The smallest absolute Gasteiger partial charge is 0.254 e. The number of ether oxygens (including phenoxy) is 1. The zero-order valence-electron chi connectivity index (χ0n) is 11.5. The summed E-state index contributed by atoms with van der Waals surface area (Å²) in [5, 5.41) is 2.54. The molecule has 1 N–H and O–H groups in total. The molecule has 0 unspecified atom stereocenters. The first-order chi connectivity index (χ1) is 9.51. The maximum absolute atomic E-state index is 12.5. The summed E-state index contributed by atoms with van der Waals surface area (Å²) in [6.45, 7) is 3.09. The quantitative estimate of drug-likeness (QED) is 0.883. The van der Waals surface area contributed by atoms with Gasteiger partial charge in [0.1, 0.15) is 0 Å². The second kappa shape index (κ2) is 6.37. The van der Waals surface area contributed by atoms with Crippen LogP contribution in [0.1, 0.15) is 15.9 Å². The maximum atomic E-state index is 12.5. The monoisotopic (exact) mass is 340 g/mol. The molecule has 1 aromatic rings. The molecule has 20 heavy (non-hydrogen) atoms. The van der Waals surface area contributed by atoms with E-state index in [2.05, 4.69) is 21.2 Å². The SMILES string of the molecule is CNC(=O)[C@H]1CN(C(=O)c2cc(C)cc(Br)c2)CCO1. The van der Waals surface area contributed by atoms with E-state index in [0.717, 1.165) is 10.0 Å². The maximum Gasteiger partial charge on any atom is 0.254 e. The largest absolute Gasteiger partial charge is 0.365 e. The van der Waals surface area contributed by atoms with Gasteiger partial charge in [0.25, 0.3) is 11.8 Å². The number of carbonyl (C=O) groups is 2. The molecule has 108 valence electrons. The third-order valence-corrected chi connectivity index (χ3v) is 3.64. The molecule has 0 spiro atoms. The second-order valence-corrected chi connectivity index (χ2v) is 5.66. The van der Waals surface area contributed by atoms with Gasteiger partial charge in [-0.1, -0.05) is 15.9 Å². The first kappa shape index (κ1) is 15.0. The molecule has 0 aromatic heterocycles. The summed E-state index contributed by atoms with van der Waals surface area (Å²) in [5.41, 5.74) is 1.63. The van der Waals surface area contributed by atoms with Gasteiger partial charge in [-0.05, 0) is 30.7 Å². The minimum absolute atomic E-state index is 0.0772. The summed E-state index contributed by atoms with van der Waals surface area (Å²) >= 11 is 3.39. The van der Waals surface area contributed by atoms with Crippen molar-refractivity contribution in [3.05, 3.63) is 33.8 Å². The predicted octanol–water partition coefficient (Wildman–Crippen LogP) is 1.34. The normalized spacial score (nSPS) is 18.8. The topological polar surface area (TPSA) is 58.6 Å². The number of amides is 2. The third-order valence-electron chi connectivity index (χ3n) is 3.18. The van der Waals surface area contributed by atoms with Crippen LogP contribution in [0.15, 0.2) is 22.7 Å². The molecule has 0 aliphatic carbocycles. The molecule has 2 amide bonds. The molecule has 5 nitrogen and oxygen atoms in total. The van der Waals surface area contributed by atoms with E-state index in [-0.39, 0.29) is 18.4 Å². The number of nitrogens with one attached hydrogen (secondary N) is 1. The molecule has 0 radical (unpaired) electrons. The van der Waals surface area contributed by atoms with Gasteiger partial charge in [-0.25, -0.2) is 0 Å². The van der Waals surface area contributed by atoms with Crippen molar-refractivity contribution >= 4 is 27.7 Å². The van der Waals surface area contributed by atoms with E-state index < -0.39 is 6.10 Å². The third kappa shape index (κ3) is 3.37. The Morgan fingerprint density at radius 1 is 1.40 bits per heavy atom. The summed E-state index contributed by atoms with van der Waals surface area (Å²) in [6, 6.07) is 5.58. The Labute approximate surface area is 126 Å². The Morgan fingerprint density at radius 2 is 2.15 bits per heavy atom. The van der Waals surface area contributed by atoms with Gasteiger partial charge in [0, 0.05) is 23.6 Å². The Hall–Kier alpha value is -1.40. The molecule has 0 saturated carbocycles. The lowest BCUT2D eigenvalue weighted by atomic mass is 10.1.